The maximum absolute atomic E-state index is 9.83. The molecule has 0 saturated heterocycles. The predicted octanol–water partition coefficient (Wildman–Crippen LogP) is 3.18. The van der Waals surface area contributed by atoms with Gasteiger partial charge in [-0.15, -0.1) is 0 Å². The zero-order chi connectivity index (χ0) is 10.4. The minimum atomic E-state index is 0.244. The molecule has 74 valence electrons. The molecule has 0 N–H and O–H groups in total. The summed E-state index contributed by atoms with van der Waals surface area (Å²) in [5.41, 5.74) is 0.872. The molecule has 0 aliphatic heterocycles. The van der Waals surface area contributed by atoms with Crippen LogP contribution in [0.15, 0.2) is 24.3 Å². The fourth-order valence-electron chi connectivity index (χ4n) is 0.950. The van der Waals surface area contributed by atoms with Gasteiger partial charge in [-0.3, -0.25) is 4.79 Å². The van der Waals surface area contributed by atoms with Gasteiger partial charge in [0, 0.05) is 10.0 Å². The van der Waals surface area contributed by atoms with Crippen molar-refractivity contribution in [3.05, 3.63) is 39.9 Å². The largest absolute Gasteiger partial charge is 0.464 e. The number of carbonyl (C=O) groups excluding carboxylic acids is 1. The van der Waals surface area contributed by atoms with E-state index in [-0.39, 0.29) is 6.61 Å². The van der Waals surface area contributed by atoms with Gasteiger partial charge in [0.2, 0.25) is 0 Å². The van der Waals surface area contributed by atoms with Crippen molar-refractivity contribution in [3.63, 3.8) is 0 Å². The normalized spacial score (nSPS) is 10.4. The molecule has 14 heavy (non-hydrogen) atoms. The van der Waals surface area contributed by atoms with Gasteiger partial charge in [-0.25, -0.2) is 0 Å². The van der Waals surface area contributed by atoms with Gasteiger partial charge in [0.05, 0.1) is 0 Å². The Kier molecular flexibility index (Phi) is 4.50. The molecule has 0 amide bonds. The van der Waals surface area contributed by atoms with Crippen LogP contribution in [0.3, 0.4) is 0 Å². The van der Waals surface area contributed by atoms with E-state index < -0.39 is 0 Å². The van der Waals surface area contributed by atoms with Crippen molar-refractivity contribution in [1.29, 1.82) is 0 Å². The van der Waals surface area contributed by atoms with Crippen LogP contribution in [0.2, 0.25) is 10.0 Å². The summed E-state index contributed by atoms with van der Waals surface area (Å²) in [7, 11) is 0. The van der Waals surface area contributed by atoms with E-state index in [4.69, 9.17) is 23.2 Å². The summed E-state index contributed by atoms with van der Waals surface area (Å²) in [5.74, 6) is 0. The first kappa shape index (κ1) is 11.1. The first-order chi connectivity index (χ1) is 6.72. The molecule has 4 heteroatoms. The highest BCUT2D eigenvalue weighted by Gasteiger charge is 1.94. The number of halogens is 2. The van der Waals surface area contributed by atoms with Gasteiger partial charge in [0.25, 0.3) is 6.47 Å². The number of hydrogen-bond acceptors (Lipinski definition) is 2. The maximum Gasteiger partial charge on any atom is 0.293 e. The van der Waals surface area contributed by atoms with Crippen LogP contribution >= 0.6 is 23.2 Å². The highest BCUT2D eigenvalue weighted by Crippen LogP contribution is 2.19. The standard InChI is InChI=1S/C10H8Cl2O2/c11-9-4-8(5-10(12)6-9)2-1-3-14-7-13/h1-2,4-7H,3H2/b2-1+. The number of carbonyl (C=O) groups is 1. The Morgan fingerprint density at radius 3 is 2.43 bits per heavy atom. The summed E-state index contributed by atoms with van der Waals surface area (Å²) in [4.78, 5) is 9.83. The quantitative estimate of drug-likeness (QED) is 0.587. The van der Waals surface area contributed by atoms with Crippen LogP contribution in [0.1, 0.15) is 5.56 Å². The van der Waals surface area contributed by atoms with Crippen LogP contribution in [0.25, 0.3) is 6.08 Å². The lowest BCUT2D eigenvalue weighted by atomic mass is 10.2. The van der Waals surface area contributed by atoms with Gasteiger partial charge in [-0.05, 0) is 29.8 Å². The first-order valence-electron chi connectivity index (χ1n) is 3.90. The van der Waals surface area contributed by atoms with Gasteiger partial charge in [0.1, 0.15) is 6.61 Å². The van der Waals surface area contributed by atoms with E-state index in [1.807, 2.05) is 0 Å². The minimum absolute atomic E-state index is 0.244. The Morgan fingerprint density at radius 1 is 1.21 bits per heavy atom. The van der Waals surface area contributed by atoms with E-state index >= 15 is 0 Å². The van der Waals surface area contributed by atoms with Gasteiger partial charge in [0.15, 0.2) is 0 Å². The Balaban J connectivity index is 2.66. The smallest absolute Gasteiger partial charge is 0.293 e. The average Bonchev–Trinajstić information content (AvgIpc) is 2.11. The predicted molar refractivity (Wildman–Crippen MR) is 57.5 cm³/mol. The molecule has 0 spiro atoms. The number of benzene rings is 1. The number of hydrogen-bond donors (Lipinski definition) is 0. The highest BCUT2D eigenvalue weighted by atomic mass is 35.5. The van der Waals surface area contributed by atoms with Crippen molar-refractivity contribution in [1.82, 2.24) is 0 Å². The zero-order valence-electron chi connectivity index (χ0n) is 7.24. The third kappa shape index (κ3) is 3.81. The van der Waals surface area contributed by atoms with Crippen LogP contribution in [-0.4, -0.2) is 13.1 Å². The molecule has 0 saturated carbocycles. The fraction of sp³-hybridized carbons (Fsp3) is 0.100. The van der Waals surface area contributed by atoms with Crippen LogP contribution < -0.4 is 0 Å². The molecular weight excluding hydrogens is 223 g/mol. The van der Waals surface area contributed by atoms with Gasteiger partial charge >= 0.3 is 0 Å². The number of ether oxygens (including phenoxy) is 1. The molecule has 0 aliphatic rings. The van der Waals surface area contributed by atoms with Crippen molar-refractivity contribution < 1.29 is 9.53 Å². The lowest BCUT2D eigenvalue weighted by Gasteiger charge is -1.96. The van der Waals surface area contributed by atoms with E-state index in [0.29, 0.717) is 16.5 Å². The van der Waals surface area contributed by atoms with Crippen LogP contribution in [0.5, 0.6) is 0 Å². The summed E-state index contributed by atoms with van der Waals surface area (Å²) in [5, 5.41) is 1.15. The summed E-state index contributed by atoms with van der Waals surface area (Å²) in [6.07, 6.45) is 3.48. The third-order valence-electron chi connectivity index (χ3n) is 1.46. The molecule has 0 bridgehead atoms. The van der Waals surface area contributed by atoms with E-state index in [1.54, 1.807) is 30.4 Å². The zero-order valence-corrected chi connectivity index (χ0v) is 8.76. The summed E-state index contributed by atoms with van der Waals surface area (Å²) in [6, 6.07) is 5.19. The van der Waals surface area contributed by atoms with Crippen molar-refractivity contribution in [2.45, 2.75) is 0 Å². The van der Waals surface area contributed by atoms with Crippen molar-refractivity contribution in [2.75, 3.05) is 6.61 Å². The van der Waals surface area contributed by atoms with Crippen molar-refractivity contribution >= 4 is 35.8 Å². The molecule has 1 rings (SSSR count). The average molecular weight is 231 g/mol. The molecule has 1 aromatic rings. The van der Waals surface area contributed by atoms with E-state index in [9.17, 15) is 4.79 Å². The van der Waals surface area contributed by atoms with Crippen LogP contribution in [0.4, 0.5) is 0 Å². The lowest BCUT2D eigenvalue weighted by Crippen LogP contribution is -1.85. The van der Waals surface area contributed by atoms with Crippen molar-refractivity contribution in [3.8, 4) is 0 Å². The molecule has 2 nitrogen and oxygen atoms in total. The Hall–Kier alpha value is -0.990. The van der Waals surface area contributed by atoms with E-state index in [1.165, 1.54) is 0 Å². The summed E-state index contributed by atoms with van der Waals surface area (Å²) < 4.78 is 4.48. The molecule has 0 aliphatic carbocycles. The minimum Gasteiger partial charge on any atom is -0.464 e. The number of rotatable bonds is 4. The third-order valence-corrected chi connectivity index (χ3v) is 1.89. The molecule has 0 aromatic heterocycles. The summed E-state index contributed by atoms with van der Waals surface area (Å²) >= 11 is 11.6. The molecule has 0 heterocycles. The Labute approximate surface area is 92.1 Å². The SMILES string of the molecule is O=COC/C=C/c1cc(Cl)cc(Cl)c1. The van der Waals surface area contributed by atoms with Gasteiger partial charge in [-0.2, -0.15) is 0 Å². The van der Waals surface area contributed by atoms with Crippen LogP contribution in [0, 0.1) is 0 Å². The Morgan fingerprint density at radius 2 is 1.86 bits per heavy atom. The second-order valence-electron chi connectivity index (χ2n) is 2.53. The lowest BCUT2D eigenvalue weighted by molar-refractivity contribution is -0.127. The van der Waals surface area contributed by atoms with Crippen molar-refractivity contribution in [2.24, 2.45) is 0 Å². The second-order valence-corrected chi connectivity index (χ2v) is 3.41. The molecular formula is C10H8Cl2O2. The van der Waals surface area contributed by atoms with Crippen LogP contribution in [-0.2, 0) is 9.53 Å². The van der Waals surface area contributed by atoms with E-state index in [0.717, 1.165) is 5.56 Å². The van der Waals surface area contributed by atoms with Gasteiger partial charge in [-0.1, -0.05) is 29.3 Å². The molecule has 1 aromatic carbocycles. The Bertz CT molecular complexity index is 328. The fourth-order valence-corrected chi connectivity index (χ4v) is 1.49. The first-order valence-corrected chi connectivity index (χ1v) is 4.66. The highest BCUT2D eigenvalue weighted by molar-refractivity contribution is 6.34. The topological polar surface area (TPSA) is 26.3 Å². The maximum atomic E-state index is 9.83. The van der Waals surface area contributed by atoms with Gasteiger partial charge < -0.3 is 4.74 Å². The van der Waals surface area contributed by atoms with E-state index in [2.05, 4.69) is 4.74 Å². The molecule has 0 fully saturated rings. The monoisotopic (exact) mass is 230 g/mol. The second kappa shape index (κ2) is 5.68. The molecule has 0 atom stereocenters. The molecule has 0 radical (unpaired) electrons. The molecule has 0 unspecified atom stereocenters. The summed E-state index contributed by atoms with van der Waals surface area (Å²) in [6.45, 7) is 0.642.